The van der Waals surface area contributed by atoms with Crippen LogP contribution in [0.25, 0.3) is 0 Å². The summed E-state index contributed by atoms with van der Waals surface area (Å²) < 4.78 is 11.1. The van der Waals surface area contributed by atoms with Gasteiger partial charge in [-0.3, -0.25) is 0 Å². The maximum absolute atomic E-state index is 5.65. The average Bonchev–Trinajstić information content (AvgIpc) is 2.73. The van der Waals surface area contributed by atoms with Crippen molar-refractivity contribution >= 4 is 0 Å². The van der Waals surface area contributed by atoms with Gasteiger partial charge in [-0.25, -0.2) is 0 Å². The van der Waals surface area contributed by atoms with Crippen LogP contribution in [0.4, 0.5) is 0 Å². The van der Waals surface area contributed by atoms with Gasteiger partial charge in [-0.15, -0.1) is 0 Å². The molecule has 0 amide bonds. The first kappa shape index (κ1) is 15.3. The van der Waals surface area contributed by atoms with E-state index < -0.39 is 0 Å². The second-order valence-electron chi connectivity index (χ2n) is 5.49. The van der Waals surface area contributed by atoms with Crippen LogP contribution < -0.4 is 5.32 Å². The molecule has 0 saturated carbocycles. The van der Waals surface area contributed by atoms with Crippen molar-refractivity contribution in [2.45, 2.75) is 59.7 Å². The molecule has 0 bridgehead atoms. The Balaban J connectivity index is 2.23. The van der Waals surface area contributed by atoms with Crippen LogP contribution in [0.2, 0.25) is 0 Å². The van der Waals surface area contributed by atoms with Crippen molar-refractivity contribution < 1.29 is 9.15 Å². The predicted octanol–water partition coefficient (Wildman–Crippen LogP) is 3.73. The van der Waals surface area contributed by atoms with Crippen molar-refractivity contribution in [1.29, 1.82) is 0 Å². The number of ether oxygens (including phenoxy) is 1. The maximum atomic E-state index is 5.65. The first-order valence-corrected chi connectivity index (χ1v) is 6.96. The lowest BCUT2D eigenvalue weighted by atomic mass is 10.1. The Kier molecular flexibility index (Phi) is 7.06. The minimum absolute atomic E-state index is 0.486. The third-order valence-electron chi connectivity index (χ3n) is 2.84. The van der Waals surface area contributed by atoms with Gasteiger partial charge in [0, 0.05) is 24.8 Å². The lowest BCUT2D eigenvalue weighted by Crippen LogP contribution is -2.22. The van der Waals surface area contributed by atoms with Gasteiger partial charge in [0.1, 0.15) is 12.4 Å². The van der Waals surface area contributed by atoms with E-state index in [0.717, 1.165) is 31.3 Å². The summed E-state index contributed by atoms with van der Waals surface area (Å²) in [5, 5.41) is 3.39. The third-order valence-corrected chi connectivity index (χ3v) is 2.84. The fraction of sp³-hybridized carbons (Fsp3) is 0.733. The van der Waals surface area contributed by atoms with Gasteiger partial charge in [0.05, 0.1) is 6.26 Å². The lowest BCUT2D eigenvalue weighted by Gasteiger charge is -2.09. The summed E-state index contributed by atoms with van der Waals surface area (Å²) in [5.41, 5.74) is 1.20. The molecule has 1 aromatic rings. The van der Waals surface area contributed by atoms with Crippen LogP contribution in [0.3, 0.4) is 0 Å². The van der Waals surface area contributed by atoms with Crippen LogP contribution in [0.15, 0.2) is 16.7 Å². The third kappa shape index (κ3) is 6.22. The van der Waals surface area contributed by atoms with Crippen LogP contribution in [0.1, 0.15) is 51.9 Å². The van der Waals surface area contributed by atoms with Crippen LogP contribution in [0, 0.1) is 5.92 Å². The zero-order valence-electron chi connectivity index (χ0n) is 12.2. The molecule has 18 heavy (non-hydrogen) atoms. The Morgan fingerprint density at radius 3 is 2.72 bits per heavy atom. The smallest absolute Gasteiger partial charge is 0.133 e. The van der Waals surface area contributed by atoms with Crippen molar-refractivity contribution in [3.63, 3.8) is 0 Å². The number of nitrogens with one attached hydrogen (secondary N) is 1. The van der Waals surface area contributed by atoms with Crippen LogP contribution in [0.5, 0.6) is 0 Å². The summed E-state index contributed by atoms with van der Waals surface area (Å²) in [4.78, 5) is 0. The van der Waals surface area contributed by atoms with Crippen molar-refractivity contribution in [2.24, 2.45) is 5.92 Å². The van der Waals surface area contributed by atoms with Crippen molar-refractivity contribution in [1.82, 2.24) is 5.32 Å². The van der Waals surface area contributed by atoms with Crippen molar-refractivity contribution in [3.8, 4) is 0 Å². The number of hydrogen-bond donors (Lipinski definition) is 1. The molecule has 0 spiro atoms. The molecule has 0 aromatic carbocycles. The van der Waals surface area contributed by atoms with E-state index in [1.807, 2.05) is 6.07 Å². The highest BCUT2D eigenvalue weighted by molar-refractivity contribution is 5.16. The highest BCUT2D eigenvalue weighted by atomic mass is 16.5. The fourth-order valence-corrected chi connectivity index (χ4v) is 1.72. The van der Waals surface area contributed by atoms with Gasteiger partial charge in [-0.1, -0.05) is 27.7 Å². The van der Waals surface area contributed by atoms with Gasteiger partial charge in [0.25, 0.3) is 0 Å². The first-order chi connectivity index (χ1) is 8.59. The summed E-state index contributed by atoms with van der Waals surface area (Å²) in [5.74, 6) is 1.70. The zero-order chi connectivity index (χ0) is 13.4. The molecule has 1 rings (SSSR count). The molecule has 0 saturated heterocycles. The van der Waals surface area contributed by atoms with Gasteiger partial charge in [-0.05, 0) is 24.8 Å². The monoisotopic (exact) mass is 253 g/mol. The SMILES string of the molecule is CC(C)CCCOCc1occc1CNC(C)C. The number of hydrogen-bond acceptors (Lipinski definition) is 3. The van der Waals surface area contributed by atoms with E-state index in [9.17, 15) is 0 Å². The van der Waals surface area contributed by atoms with Crippen molar-refractivity contribution in [2.75, 3.05) is 6.61 Å². The summed E-state index contributed by atoms with van der Waals surface area (Å²) in [6, 6.07) is 2.50. The molecule has 1 aromatic heterocycles. The van der Waals surface area contributed by atoms with Gasteiger partial charge in [0.15, 0.2) is 0 Å². The molecule has 1 N–H and O–H groups in total. The average molecular weight is 253 g/mol. The van der Waals surface area contributed by atoms with E-state index in [0.29, 0.717) is 12.6 Å². The standard InChI is InChI=1S/C15H27NO2/c1-12(2)6-5-8-17-11-15-14(7-9-18-15)10-16-13(3)4/h7,9,12-13,16H,5-6,8,10-11H2,1-4H3. The molecule has 0 aliphatic rings. The predicted molar refractivity (Wildman–Crippen MR) is 74.4 cm³/mol. The molecular formula is C15H27NO2. The summed E-state index contributed by atoms with van der Waals surface area (Å²) in [7, 11) is 0. The van der Waals surface area contributed by atoms with Gasteiger partial charge in [-0.2, -0.15) is 0 Å². The minimum atomic E-state index is 0.486. The molecular weight excluding hydrogens is 226 g/mol. The highest BCUT2D eigenvalue weighted by Gasteiger charge is 2.06. The van der Waals surface area contributed by atoms with Gasteiger partial charge < -0.3 is 14.5 Å². The second-order valence-corrected chi connectivity index (χ2v) is 5.49. The highest BCUT2D eigenvalue weighted by Crippen LogP contribution is 2.12. The van der Waals surface area contributed by atoms with Crippen LogP contribution >= 0.6 is 0 Å². The van der Waals surface area contributed by atoms with E-state index >= 15 is 0 Å². The quantitative estimate of drug-likeness (QED) is 0.681. The zero-order valence-corrected chi connectivity index (χ0v) is 12.2. The van der Waals surface area contributed by atoms with Gasteiger partial charge >= 0.3 is 0 Å². The van der Waals surface area contributed by atoms with E-state index in [1.165, 1.54) is 12.0 Å². The van der Waals surface area contributed by atoms with Crippen LogP contribution in [-0.2, 0) is 17.9 Å². The summed E-state index contributed by atoms with van der Waals surface area (Å²) in [6.07, 6.45) is 4.09. The first-order valence-electron chi connectivity index (χ1n) is 6.96. The Labute approximate surface area is 111 Å². The molecule has 3 nitrogen and oxygen atoms in total. The minimum Gasteiger partial charge on any atom is -0.467 e. The lowest BCUT2D eigenvalue weighted by molar-refractivity contribution is 0.0999. The van der Waals surface area contributed by atoms with Gasteiger partial charge in [0.2, 0.25) is 0 Å². The number of rotatable bonds is 9. The molecule has 0 fully saturated rings. The molecule has 104 valence electrons. The second kappa shape index (κ2) is 8.33. The summed E-state index contributed by atoms with van der Waals surface area (Å²) >= 11 is 0. The Morgan fingerprint density at radius 2 is 2.06 bits per heavy atom. The van der Waals surface area contributed by atoms with E-state index in [-0.39, 0.29) is 0 Å². The van der Waals surface area contributed by atoms with Crippen LogP contribution in [-0.4, -0.2) is 12.6 Å². The molecule has 3 heteroatoms. The van der Waals surface area contributed by atoms with E-state index in [1.54, 1.807) is 6.26 Å². The Hall–Kier alpha value is -0.800. The Bertz CT molecular complexity index is 318. The fourth-order valence-electron chi connectivity index (χ4n) is 1.72. The summed E-state index contributed by atoms with van der Waals surface area (Å²) in [6.45, 7) is 11.0. The molecule has 0 radical (unpaired) electrons. The molecule has 1 heterocycles. The van der Waals surface area contributed by atoms with Crippen molar-refractivity contribution in [3.05, 3.63) is 23.7 Å². The molecule has 0 atom stereocenters. The molecule has 0 unspecified atom stereocenters. The Morgan fingerprint density at radius 1 is 1.28 bits per heavy atom. The largest absolute Gasteiger partial charge is 0.467 e. The van der Waals surface area contributed by atoms with E-state index in [2.05, 4.69) is 33.0 Å². The topological polar surface area (TPSA) is 34.4 Å². The normalized spacial score (nSPS) is 11.7. The molecule has 0 aliphatic heterocycles. The maximum Gasteiger partial charge on any atom is 0.133 e. The molecule has 0 aliphatic carbocycles. The van der Waals surface area contributed by atoms with E-state index in [4.69, 9.17) is 9.15 Å². The number of furan rings is 1.